The molecule has 0 aliphatic carbocycles. The van der Waals surface area contributed by atoms with Crippen molar-refractivity contribution in [1.82, 2.24) is 25.4 Å². The summed E-state index contributed by atoms with van der Waals surface area (Å²) >= 11 is 0. The molecule has 0 saturated heterocycles. The topological polar surface area (TPSA) is 123 Å². The van der Waals surface area contributed by atoms with Crippen molar-refractivity contribution in [2.24, 2.45) is 5.92 Å². The number of nitrogens with one attached hydrogen (secondary N) is 2. The predicted octanol–water partition coefficient (Wildman–Crippen LogP) is 3.38. The van der Waals surface area contributed by atoms with Crippen LogP contribution in [-0.4, -0.2) is 38.6 Å². The molecule has 0 aliphatic heterocycles. The maximum atomic E-state index is 13.0. The second-order valence-corrected chi connectivity index (χ2v) is 7.24. The Morgan fingerprint density at radius 3 is 2.70 bits per heavy atom. The third-order valence-electron chi connectivity index (χ3n) is 4.72. The number of hydrogen-bond donors (Lipinski definition) is 2. The lowest BCUT2D eigenvalue weighted by molar-refractivity contribution is 0.0525. The minimum Gasteiger partial charge on any atom is -0.462 e. The lowest BCUT2D eigenvalue weighted by atomic mass is 10.0. The van der Waals surface area contributed by atoms with Crippen LogP contribution in [0.2, 0.25) is 0 Å². The maximum absolute atomic E-state index is 13.0. The molecule has 3 aromatic heterocycles. The minimum atomic E-state index is -0.510. The highest BCUT2D eigenvalue weighted by atomic mass is 16.5. The first kappa shape index (κ1) is 21.2. The van der Waals surface area contributed by atoms with E-state index in [1.165, 1.54) is 0 Å². The number of esters is 1. The van der Waals surface area contributed by atoms with E-state index >= 15 is 0 Å². The van der Waals surface area contributed by atoms with Crippen molar-refractivity contribution in [3.8, 4) is 11.4 Å². The Balaban J connectivity index is 1.85. The maximum Gasteiger partial charge on any atom is 0.340 e. The Bertz CT molecular complexity index is 1040. The SMILES string of the molecule is CCOC(=O)c1c(C)[nH]c(C(=O)NC(c2nc(-c3cccnc3)no2)C(C)C)c1C. The Kier molecular flexibility index (Phi) is 6.29. The molecule has 9 nitrogen and oxygen atoms in total. The molecule has 1 unspecified atom stereocenters. The average Bonchev–Trinajstić information content (AvgIpc) is 3.31. The van der Waals surface area contributed by atoms with Gasteiger partial charge in [0.05, 0.1) is 12.2 Å². The first-order valence-electron chi connectivity index (χ1n) is 9.74. The van der Waals surface area contributed by atoms with Gasteiger partial charge in [0.25, 0.3) is 5.91 Å². The number of aryl methyl sites for hydroxylation is 1. The molecule has 0 bridgehead atoms. The minimum absolute atomic E-state index is 0.0166. The van der Waals surface area contributed by atoms with Gasteiger partial charge in [0.2, 0.25) is 11.7 Å². The number of ether oxygens (including phenoxy) is 1. The molecule has 0 fully saturated rings. The summed E-state index contributed by atoms with van der Waals surface area (Å²) < 4.78 is 10.5. The molecular weight excluding hydrogens is 386 g/mol. The molecule has 3 aromatic rings. The van der Waals surface area contributed by atoms with Crippen LogP contribution in [0.15, 0.2) is 29.0 Å². The van der Waals surface area contributed by atoms with Gasteiger partial charge in [0, 0.05) is 23.7 Å². The summed E-state index contributed by atoms with van der Waals surface area (Å²) in [6.07, 6.45) is 3.30. The van der Waals surface area contributed by atoms with Crippen LogP contribution in [0.25, 0.3) is 11.4 Å². The molecule has 0 aliphatic rings. The summed E-state index contributed by atoms with van der Waals surface area (Å²) in [5, 5.41) is 6.93. The highest BCUT2D eigenvalue weighted by Gasteiger charge is 2.28. The zero-order valence-electron chi connectivity index (χ0n) is 17.6. The van der Waals surface area contributed by atoms with E-state index in [-0.39, 0.29) is 18.4 Å². The number of pyridine rings is 1. The first-order chi connectivity index (χ1) is 14.3. The van der Waals surface area contributed by atoms with Crippen molar-refractivity contribution in [3.05, 3.63) is 52.9 Å². The fourth-order valence-corrected chi connectivity index (χ4v) is 3.19. The molecule has 2 N–H and O–H groups in total. The highest BCUT2D eigenvalue weighted by molar-refractivity contribution is 6.00. The van der Waals surface area contributed by atoms with Gasteiger partial charge < -0.3 is 19.6 Å². The van der Waals surface area contributed by atoms with Crippen molar-refractivity contribution >= 4 is 11.9 Å². The summed E-state index contributed by atoms with van der Waals surface area (Å²) in [5.41, 5.74) is 2.51. The van der Waals surface area contributed by atoms with Gasteiger partial charge in [-0.1, -0.05) is 19.0 Å². The van der Waals surface area contributed by atoms with Gasteiger partial charge >= 0.3 is 5.97 Å². The molecule has 9 heteroatoms. The first-order valence-corrected chi connectivity index (χ1v) is 9.74. The molecule has 3 rings (SSSR count). The summed E-state index contributed by atoms with van der Waals surface area (Å²) in [5.74, 6) is -0.150. The van der Waals surface area contributed by atoms with Crippen molar-refractivity contribution in [1.29, 1.82) is 0 Å². The number of aromatic nitrogens is 4. The zero-order chi connectivity index (χ0) is 21.8. The van der Waals surface area contributed by atoms with Gasteiger partial charge in [0.15, 0.2) is 0 Å². The number of carbonyl (C=O) groups is 2. The molecular formula is C21H25N5O4. The van der Waals surface area contributed by atoms with Crippen LogP contribution in [0.1, 0.15) is 64.8 Å². The van der Waals surface area contributed by atoms with Crippen LogP contribution in [0.4, 0.5) is 0 Å². The number of carbonyl (C=O) groups excluding carboxylic acids is 2. The van der Waals surface area contributed by atoms with E-state index in [0.29, 0.717) is 34.2 Å². The van der Waals surface area contributed by atoms with Gasteiger partial charge in [0.1, 0.15) is 11.7 Å². The van der Waals surface area contributed by atoms with Gasteiger partial charge in [-0.2, -0.15) is 4.98 Å². The molecule has 3 heterocycles. The van der Waals surface area contributed by atoms with Crippen molar-refractivity contribution < 1.29 is 18.8 Å². The normalized spacial score (nSPS) is 12.1. The number of nitrogens with zero attached hydrogens (tertiary/aromatic N) is 3. The van der Waals surface area contributed by atoms with Crippen LogP contribution in [0.5, 0.6) is 0 Å². The predicted molar refractivity (Wildman–Crippen MR) is 109 cm³/mol. The second-order valence-electron chi connectivity index (χ2n) is 7.24. The standard InChI is InChI=1S/C21H25N5O4/c1-6-29-21(28)15-12(4)17(23-13(15)5)19(27)24-16(11(2)3)20-25-18(26-30-20)14-8-7-9-22-10-14/h7-11,16,23H,6H2,1-5H3,(H,24,27). The van der Waals surface area contributed by atoms with E-state index in [4.69, 9.17) is 9.26 Å². The number of rotatable bonds is 7. The van der Waals surface area contributed by atoms with E-state index in [1.807, 2.05) is 19.9 Å². The molecule has 0 radical (unpaired) electrons. The quantitative estimate of drug-likeness (QED) is 0.571. The van der Waals surface area contributed by atoms with Crippen LogP contribution in [0.3, 0.4) is 0 Å². The lowest BCUT2D eigenvalue weighted by Crippen LogP contribution is -2.32. The van der Waals surface area contributed by atoms with E-state index in [1.54, 1.807) is 39.2 Å². The summed E-state index contributed by atoms with van der Waals surface area (Å²) in [4.78, 5) is 36.7. The Morgan fingerprint density at radius 1 is 1.30 bits per heavy atom. The lowest BCUT2D eigenvalue weighted by Gasteiger charge is -2.18. The Labute approximate surface area is 174 Å². The van der Waals surface area contributed by atoms with Crippen molar-refractivity contribution in [2.75, 3.05) is 6.61 Å². The second kappa shape index (κ2) is 8.89. The van der Waals surface area contributed by atoms with Gasteiger partial charge in [-0.25, -0.2) is 4.79 Å². The average molecular weight is 411 g/mol. The summed E-state index contributed by atoms with van der Waals surface area (Å²) in [6.45, 7) is 9.32. The Morgan fingerprint density at radius 2 is 2.07 bits per heavy atom. The zero-order valence-corrected chi connectivity index (χ0v) is 17.6. The number of hydrogen-bond acceptors (Lipinski definition) is 7. The summed E-state index contributed by atoms with van der Waals surface area (Å²) in [6, 6.07) is 3.10. The largest absolute Gasteiger partial charge is 0.462 e. The van der Waals surface area contributed by atoms with Crippen LogP contribution >= 0.6 is 0 Å². The summed E-state index contributed by atoms with van der Waals surface area (Å²) in [7, 11) is 0. The number of H-pyrrole nitrogens is 1. The van der Waals surface area contributed by atoms with E-state index < -0.39 is 12.0 Å². The van der Waals surface area contributed by atoms with Crippen molar-refractivity contribution in [3.63, 3.8) is 0 Å². The smallest absolute Gasteiger partial charge is 0.340 e. The molecule has 0 spiro atoms. The third-order valence-corrected chi connectivity index (χ3v) is 4.72. The Hall–Kier alpha value is -3.49. The third kappa shape index (κ3) is 4.24. The van der Waals surface area contributed by atoms with Gasteiger partial charge in [-0.3, -0.25) is 9.78 Å². The molecule has 1 atom stereocenters. The van der Waals surface area contributed by atoms with Crippen LogP contribution in [-0.2, 0) is 4.74 Å². The monoisotopic (exact) mass is 411 g/mol. The van der Waals surface area contributed by atoms with E-state index in [9.17, 15) is 9.59 Å². The fraction of sp³-hybridized carbons (Fsp3) is 0.381. The molecule has 1 amide bonds. The molecule has 30 heavy (non-hydrogen) atoms. The van der Waals surface area contributed by atoms with E-state index in [2.05, 4.69) is 25.4 Å². The highest BCUT2D eigenvalue weighted by Crippen LogP contribution is 2.25. The molecule has 0 aromatic carbocycles. The van der Waals surface area contributed by atoms with Crippen LogP contribution < -0.4 is 5.32 Å². The van der Waals surface area contributed by atoms with Crippen molar-refractivity contribution in [2.45, 2.75) is 40.7 Å². The van der Waals surface area contributed by atoms with Gasteiger partial charge in [-0.15, -0.1) is 0 Å². The molecule has 158 valence electrons. The fourth-order valence-electron chi connectivity index (χ4n) is 3.19. The van der Waals surface area contributed by atoms with E-state index in [0.717, 1.165) is 5.56 Å². The number of amides is 1. The number of aromatic amines is 1. The van der Waals surface area contributed by atoms with Gasteiger partial charge in [-0.05, 0) is 44.4 Å². The molecule has 0 saturated carbocycles. The van der Waals surface area contributed by atoms with Crippen LogP contribution in [0, 0.1) is 19.8 Å².